The van der Waals surface area contributed by atoms with Crippen molar-refractivity contribution in [3.05, 3.63) is 65.7 Å². The fraction of sp³-hybridized carbons (Fsp3) is 0.227. The molecule has 1 aliphatic heterocycles. The van der Waals surface area contributed by atoms with Crippen molar-refractivity contribution in [1.82, 2.24) is 4.90 Å². The third-order valence-electron chi connectivity index (χ3n) is 4.64. The van der Waals surface area contributed by atoms with E-state index in [9.17, 15) is 14.4 Å². The van der Waals surface area contributed by atoms with Gasteiger partial charge in [-0.3, -0.25) is 19.3 Å². The number of hydrogen-bond acceptors (Lipinski definition) is 3. The average molecular weight is 377 g/mol. The Morgan fingerprint density at radius 2 is 1.75 bits per heavy atom. The molecule has 0 unspecified atom stereocenters. The summed E-state index contributed by atoms with van der Waals surface area (Å²) in [6.07, 6.45) is 0. The number of fused-ring (bicyclic) bond motifs is 1. The standard InChI is InChI=1S/C22H23N3O3/c1-13(2)21(27)23-16-10-9-14(3)19(11-16)24-20(26)12-25-15(4)17-7-5-6-8-18(17)22(25)28/h5-11,13H,4,12H2,1-3H3,(H,23,27)(H,24,26). The first-order valence-electron chi connectivity index (χ1n) is 9.09. The molecule has 0 saturated heterocycles. The summed E-state index contributed by atoms with van der Waals surface area (Å²) in [5, 5.41) is 5.64. The summed E-state index contributed by atoms with van der Waals surface area (Å²) in [4.78, 5) is 38.4. The Bertz CT molecular complexity index is 944. The summed E-state index contributed by atoms with van der Waals surface area (Å²) in [6, 6.07) is 12.5. The molecule has 3 rings (SSSR count). The summed E-state index contributed by atoms with van der Waals surface area (Å²) in [5.41, 5.74) is 3.86. The highest BCUT2D eigenvalue weighted by Crippen LogP contribution is 2.31. The van der Waals surface area contributed by atoms with Gasteiger partial charge in [0.15, 0.2) is 0 Å². The second-order valence-electron chi connectivity index (χ2n) is 7.11. The molecule has 3 amide bonds. The first kappa shape index (κ1) is 19.4. The summed E-state index contributed by atoms with van der Waals surface area (Å²) in [6.45, 7) is 9.30. The van der Waals surface area contributed by atoms with Gasteiger partial charge < -0.3 is 10.6 Å². The van der Waals surface area contributed by atoms with Gasteiger partial charge in [-0.2, -0.15) is 0 Å². The Kier molecular flexibility index (Phi) is 5.31. The maximum Gasteiger partial charge on any atom is 0.259 e. The number of benzene rings is 2. The van der Waals surface area contributed by atoms with E-state index < -0.39 is 0 Å². The van der Waals surface area contributed by atoms with E-state index in [1.807, 2.05) is 39.0 Å². The minimum Gasteiger partial charge on any atom is -0.326 e. The van der Waals surface area contributed by atoms with Gasteiger partial charge in [0.05, 0.1) is 0 Å². The molecular weight excluding hydrogens is 354 g/mol. The minimum absolute atomic E-state index is 0.0992. The number of aryl methyl sites for hydroxylation is 1. The molecule has 2 aromatic rings. The van der Waals surface area contributed by atoms with Crippen LogP contribution in [0.25, 0.3) is 5.70 Å². The number of nitrogens with one attached hydrogen (secondary N) is 2. The summed E-state index contributed by atoms with van der Waals surface area (Å²) < 4.78 is 0. The van der Waals surface area contributed by atoms with Crippen LogP contribution >= 0.6 is 0 Å². The average Bonchev–Trinajstić information content (AvgIpc) is 2.89. The van der Waals surface area contributed by atoms with Gasteiger partial charge in [-0.05, 0) is 30.7 Å². The lowest BCUT2D eigenvalue weighted by atomic mass is 10.1. The van der Waals surface area contributed by atoms with Gasteiger partial charge in [-0.25, -0.2) is 0 Å². The van der Waals surface area contributed by atoms with Crippen molar-refractivity contribution in [2.24, 2.45) is 5.92 Å². The predicted molar refractivity (Wildman–Crippen MR) is 110 cm³/mol. The lowest BCUT2D eigenvalue weighted by Gasteiger charge is -2.18. The highest BCUT2D eigenvalue weighted by atomic mass is 16.2. The molecule has 1 heterocycles. The Morgan fingerprint density at radius 3 is 2.39 bits per heavy atom. The van der Waals surface area contributed by atoms with E-state index in [1.54, 1.807) is 24.3 Å². The van der Waals surface area contributed by atoms with Gasteiger partial charge in [-0.1, -0.05) is 44.7 Å². The third-order valence-corrected chi connectivity index (χ3v) is 4.64. The smallest absolute Gasteiger partial charge is 0.259 e. The van der Waals surface area contributed by atoms with Crippen LogP contribution in [0.3, 0.4) is 0 Å². The molecule has 0 spiro atoms. The maximum atomic E-state index is 12.6. The predicted octanol–water partition coefficient (Wildman–Crippen LogP) is 3.65. The molecule has 144 valence electrons. The van der Waals surface area contributed by atoms with Crippen LogP contribution in [0.1, 0.15) is 35.3 Å². The SMILES string of the molecule is C=C1c2ccccc2C(=O)N1CC(=O)Nc1cc(NC(=O)C(C)C)ccc1C. The van der Waals surface area contributed by atoms with E-state index in [0.29, 0.717) is 22.6 Å². The Morgan fingerprint density at radius 1 is 1.07 bits per heavy atom. The number of carbonyl (C=O) groups excluding carboxylic acids is 3. The number of hydrogen-bond donors (Lipinski definition) is 2. The van der Waals surface area contributed by atoms with Crippen LogP contribution in [-0.4, -0.2) is 29.2 Å². The molecule has 2 N–H and O–H groups in total. The molecule has 1 aliphatic rings. The zero-order chi connectivity index (χ0) is 20.4. The van der Waals surface area contributed by atoms with E-state index in [4.69, 9.17) is 0 Å². The van der Waals surface area contributed by atoms with Crippen LogP contribution in [-0.2, 0) is 9.59 Å². The van der Waals surface area contributed by atoms with Crippen molar-refractivity contribution in [2.45, 2.75) is 20.8 Å². The van der Waals surface area contributed by atoms with E-state index in [1.165, 1.54) is 4.90 Å². The molecular formula is C22H23N3O3. The van der Waals surface area contributed by atoms with Crippen molar-refractivity contribution in [2.75, 3.05) is 17.2 Å². The van der Waals surface area contributed by atoms with Gasteiger partial charge in [0.2, 0.25) is 11.8 Å². The van der Waals surface area contributed by atoms with Gasteiger partial charge in [0.1, 0.15) is 6.54 Å². The lowest BCUT2D eigenvalue weighted by molar-refractivity contribution is -0.119. The van der Waals surface area contributed by atoms with Crippen LogP contribution in [0.5, 0.6) is 0 Å². The molecule has 6 heteroatoms. The lowest BCUT2D eigenvalue weighted by Crippen LogP contribution is -2.32. The molecule has 2 aromatic carbocycles. The molecule has 0 bridgehead atoms. The van der Waals surface area contributed by atoms with E-state index in [0.717, 1.165) is 11.1 Å². The van der Waals surface area contributed by atoms with Gasteiger partial charge >= 0.3 is 0 Å². The van der Waals surface area contributed by atoms with Crippen LogP contribution in [0.15, 0.2) is 49.0 Å². The van der Waals surface area contributed by atoms with Crippen LogP contribution in [0.2, 0.25) is 0 Å². The monoisotopic (exact) mass is 377 g/mol. The fourth-order valence-corrected chi connectivity index (χ4v) is 2.96. The summed E-state index contributed by atoms with van der Waals surface area (Å²) in [5.74, 6) is -0.811. The highest BCUT2D eigenvalue weighted by molar-refractivity contribution is 6.11. The molecule has 0 fully saturated rings. The van der Waals surface area contributed by atoms with Crippen molar-refractivity contribution in [3.63, 3.8) is 0 Å². The van der Waals surface area contributed by atoms with Gasteiger partial charge in [-0.15, -0.1) is 0 Å². The second kappa shape index (κ2) is 7.68. The summed E-state index contributed by atoms with van der Waals surface area (Å²) in [7, 11) is 0. The molecule has 0 aromatic heterocycles. The summed E-state index contributed by atoms with van der Waals surface area (Å²) >= 11 is 0. The van der Waals surface area contributed by atoms with Crippen molar-refractivity contribution in [3.8, 4) is 0 Å². The van der Waals surface area contributed by atoms with Crippen molar-refractivity contribution in [1.29, 1.82) is 0 Å². The first-order valence-corrected chi connectivity index (χ1v) is 9.09. The largest absolute Gasteiger partial charge is 0.326 e. The number of amides is 3. The number of anilines is 2. The molecule has 0 aliphatic carbocycles. The van der Waals surface area contributed by atoms with E-state index in [-0.39, 0.29) is 30.2 Å². The van der Waals surface area contributed by atoms with Crippen LogP contribution in [0, 0.1) is 12.8 Å². The number of nitrogens with zero attached hydrogens (tertiary/aromatic N) is 1. The van der Waals surface area contributed by atoms with E-state index >= 15 is 0 Å². The topological polar surface area (TPSA) is 78.5 Å². The van der Waals surface area contributed by atoms with Crippen LogP contribution in [0.4, 0.5) is 11.4 Å². The minimum atomic E-state index is -0.335. The maximum absolute atomic E-state index is 12.6. The van der Waals surface area contributed by atoms with Crippen LogP contribution < -0.4 is 10.6 Å². The van der Waals surface area contributed by atoms with E-state index in [2.05, 4.69) is 17.2 Å². The first-order chi connectivity index (χ1) is 13.3. The number of rotatable bonds is 5. The zero-order valence-electron chi connectivity index (χ0n) is 16.2. The fourth-order valence-electron chi connectivity index (χ4n) is 2.96. The normalized spacial score (nSPS) is 12.9. The van der Waals surface area contributed by atoms with Crippen molar-refractivity contribution >= 4 is 34.8 Å². The Labute approximate surface area is 164 Å². The third kappa shape index (κ3) is 3.81. The molecule has 0 radical (unpaired) electrons. The second-order valence-corrected chi connectivity index (χ2v) is 7.11. The molecule has 0 saturated carbocycles. The number of carbonyl (C=O) groups is 3. The zero-order valence-corrected chi connectivity index (χ0v) is 16.2. The molecule has 0 atom stereocenters. The molecule has 6 nitrogen and oxygen atoms in total. The van der Waals surface area contributed by atoms with Crippen molar-refractivity contribution < 1.29 is 14.4 Å². The van der Waals surface area contributed by atoms with Gasteiger partial charge in [0.25, 0.3) is 5.91 Å². The quantitative estimate of drug-likeness (QED) is 0.835. The Balaban J connectivity index is 1.71. The highest BCUT2D eigenvalue weighted by Gasteiger charge is 2.31. The molecule has 28 heavy (non-hydrogen) atoms. The van der Waals surface area contributed by atoms with Gasteiger partial charge in [0, 0.05) is 34.1 Å². The Hall–Kier alpha value is -3.41.